The Morgan fingerprint density at radius 1 is 1.03 bits per heavy atom. The Morgan fingerprint density at radius 2 is 1.74 bits per heavy atom. The molecule has 0 saturated heterocycles. The lowest BCUT2D eigenvalue weighted by Gasteiger charge is -2.24. The number of nitrogens with one attached hydrogen (secondary N) is 1. The summed E-state index contributed by atoms with van der Waals surface area (Å²) in [5.41, 5.74) is 3.40. The topological polar surface area (TPSA) is 75.6 Å². The number of aromatic carboxylic acids is 1. The van der Waals surface area contributed by atoms with E-state index in [1.165, 1.54) is 24.3 Å². The molecule has 3 aromatic carbocycles. The molecule has 1 aromatic heterocycles. The molecular formula is C27H20FNO4S. The summed E-state index contributed by atoms with van der Waals surface area (Å²) in [5.74, 6) is -1.28. The molecule has 0 fully saturated rings. The lowest BCUT2D eigenvalue weighted by molar-refractivity contribution is -0.116. The van der Waals surface area contributed by atoms with Gasteiger partial charge in [0, 0.05) is 22.8 Å². The maximum atomic E-state index is 13.5. The summed E-state index contributed by atoms with van der Waals surface area (Å²) < 4.78 is 19.3. The highest BCUT2D eigenvalue weighted by atomic mass is 32.1. The van der Waals surface area contributed by atoms with Gasteiger partial charge in [-0.1, -0.05) is 54.6 Å². The minimum absolute atomic E-state index is 0.117. The molecule has 2 N–H and O–H groups in total. The second-order valence-electron chi connectivity index (χ2n) is 8.01. The molecule has 0 bridgehead atoms. The maximum Gasteiger partial charge on any atom is 0.346 e. The molecule has 1 aliphatic heterocycles. The third-order valence-electron chi connectivity index (χ3n) is 5.76. The van der Waals surface area contributed by atoms with Crippen LogP contribution in [-0.2, 0) is 11.4 Å². The van der Waals surface area contributed by atoms with Crippen molar-refractivity contribution in [1.29, 1.82) is 0 Å². The predicted molar refractivity (Wildman–Crippen MR) is 129 cm³/mol. The highest BCUT2D eigenvalue weighted by Crippen LogP contribution is 2.49. The van der Waals surface area contributed by atoms with E-state index in [9.17, 15) is 19.1 Å². The normalized spacial score (nSPS) is 14.9. The van der Waals surface area contributed by atoms with E-state index in [1.807, 2.05) is 54.6 Å². The van der Waals surface area contributed by atoms with E-state index >= 15 is 0 Å². The Bertz CT molecular complexity index is 1350. The van der Waals surface area contributed by atoms with E-state index in [1.54, 1.807) is 0 Å². The number of benzene rings is 3. The van der Waals surface area contributed by atoms with Crippen LogP contribution in [0.3, 0.4) is 0 Å². The number of hydrogen-bond donors (Lipinski definition) is 2. The zero-order chi connectivity index (χ0) is 23.7. The molecule has 4 aromatic rings. The molecule has 1 unspecified atom stereocenters. The number of ether oxygens (including phenoxy) is 1. The summed E-state index contributed by atoms with van der Waals surface area (Å²) >= 11 is 1.15. The molecule has 7 heteroatoms. The molecule has 0 spiro atoms. The van der Waals surface area contributed by atoms with E-state index in [2.05, 4.69) is 5.32 Å². The SMILES string of the molecule is O=C1CC(c2ccc(OCc3ccccc3)cc2)c2sc(C(=O)O)c(-c3ccc(F)cc3)c2N1. The summed E-state index contributed by atoms with van der Waals surface area (Å²) in [5, 5.41) is 12.7. The minimum Gasteiger partial charge on any atom is -0.489 e. The van der Waals surface area contributed by atoms with E-state index in [0.29, 0.717) is 29.2 Å². The zero-order valence-electron chi connectivity index (χ0n) is 18.0. The van der Waals surface area contributed by atoms with Crippen molar-refractivity contribution in [3.05, 3.63) is 106 Å². The van der Waals surface area contributed by atoms with Crippen LogP contribution in [0.1, 0.15) is 38.0 Å². The quantitative estimate of drug-likeness (QED) is 0.344. The lowest BCUT2D eigenvalue weighted by Crippen LogP contribution is -2.22. The summed E-state index contributed by atoms with van der Waals surface area (Å²) in [6.45, 7) is 0.449. The number of carboxylic acid groups (broad SMARTS) is 1. The molecule has 1 amide bonds. The number of anilines is 1. The fraction of sp³-hybridized carbons (Fsp3) is 0.111. The fourth-order valence-corrected chi connectivity index (χ4v) is 5.38. The lowest BCUT2D eigenvalue weighted by atomic mass is 9.88. The molecule has 0 radical (unpaired) electrons. The minimum atomic E-state index is -1.09. The van der Waals surface area contributed by atoms with Crippen LogP contribution in [0.4, 0.5) is 10.1 Å². The van der Waals surface area contributed by atoms with Crippen LogP contribution in [-0.4, -0.2) is 17.0 Å². The Labute approximate surface area is 199 Å². The van der Waals surface area contributed by atoms with Gasteiger partial charge in [0.1, 0.15) is 23.1 Å². The molecule has 5 nitrogen and oxygen atoms in total. The largest absolute Gasteiger partial charge is 0.489 e. The van der Waals surface area contributed by atoms with Gasteiger partial charge in [-0.3, -0.25) is 4.79 Å². The van der Waals surface area contributed by atoms with Gasteiger partial charge in [0.2, 0.25) is 5.91 Å². The van der Waals surface area contributed by atoms with Gasteiger partial charge in [0.25, 0.3) is 0 Å². The third-order valence-corrected chi connectivity index (χ3v) is 7.06. The number of amides is 1. The number of rotatable bonds is 6. The summed E-state index contributed by atoms with van der Waals surface area (Å²) in [6.07, 6.45) is 0.208. The van der Waals surface area contributed by atoms with Gasteiger partial charge in [-0.2, -0.15) is 0 Å². The van der Waals surface area contributed by atoms with Crippen molar-refractivity contribution in [3.63, 3.8) is 0 Å². The predicted octanol–water partition coefficient (Wildman–Crippen LogP) is 6.31. The Morgan fingerprint density at radius 3 is 2.41 bits per heavy atom. The highest BCUT2D eigenvalue weighted by Gasteiger charge is 2.34. The van der Waals surface area contributed by atoms with Crippen LogP contribution in [0.15, 0.2) is 78.9 Å². The number of carboxylic acids is 1. The van der Waals surface area contributed by atoms with E-state index in [4.69, 9.17) is 4.74 Å². The number of fused-ring (bicyclic) bond motifs is 1. The van der Waals surface area contributed by atoms with E-state index in [-0.39, 0.29) is 23.1 Å². The summed E-state index contributed by atoms with van der Waals surface area (Å²) in [4.78, 5) is 25.5. The van der Waals surface area contributed by atoms with Crippen LogP contribution >= 0.6 is 11.3 Å². The Hall–Kier alpha value is -3.97. The highest BCUT2D eigenvalue weighted by molar-refractivity contribution is 7.15. The molecule has 2 heterocycles. The average Bonchev–Trinajstić information content (AvgIpc) is 3.23. The number of carbonyl (C=O) groups is 2. The molecule has 5 rings (SSSR count). The Balaban J connectivity index is 1.48. The molecule has 0 aliphatic carbocycles. The van der Waals surface area contributed by atoms with Crippen LogP contribution in [0.5, 0.6) is 5.75 Å². The van der Waals surface area contributed by atoms with E-state index < -0.39 is 11.8 Å². The smallest absolute Gasteiger partial charge is 0.346 e. The van der Waals surface area contributed by atoms with Crippen molar-refractivity contribution >= 4 is 28.9 Å². The molecule has 170 valence electrons. The first-order chi connectivity index (χ1) is 16.5. The first-order valence-corrected chi connectivity index (χ1v) is 11.5. The van der Waals surface area contributed by atoms with Gasteiger partial charge in [0.05, 0.1) is 5.69 Å². The van der Waals surface area contributed by atoms with Gasteiger partial charge in [-0.05, 0) is 41.0 Å². The Kier molecular flexibility index (Phi) is 5.86. The van der Waals surface area contributed by atoms with Crippen molar-refractivity contribution in [3.8, 4) is 16.9 Å². The molecular weight excluding hydrogens is 453 g/mol. The van der Waals surface area contributed by atoms with Crippen LogP contribution in [0.2, 0.25) is 0 Å². The summed E-state index contributed by atoms with van der Waals surface area (Å²) in [7, 11) is 0. The monoisotopic (exact) mass is 473 g/mol. The van der Waals surface area contributed by atoms with E-state index in [0.717, 1.165) is 27.3 Å². The van der Waals surface area contributed by atoms with Gasteiger partial charge in [-0.25, -0.2) is 9.18 Å². The first-order valence-electron chi connectivity index (χ1n) is 10.7. The summed E-state index contributed by atoms with van der Waals surface area (Å²) in [6, 6.07) is 23.0. The standard InChI is InChI=1S/C27H20FNO4S/c28-19-10-6-18(7-11-19)23-24-25(34-26(23)27(31)32)21(14-22(30)29-24)17-8-12-20(13-9-17)33-15-16-4-2-1-3-5-16/h1-13,21H,14-15H2,(H,29,30)(H,31,32). The van der Waals surface area contributed by atoms with Crippen LogP contribution in [0.25, 0.3) is 11.1 Å². The number of thiophene rings is 1. The molecule has 0 saturated carbocycles. The van der Waals surface area contributed by atoms with Crippen molar-refractivity contribution in [2.75, 3.05) is 5.32 Å². The van der Waals surface area contributed by atoms with Crippen molar-refractivity contribution in [2.45, 2.75) is 18.9 Å². The number of hydrogen-bond acceptors (Lipinski definition) is 4. The van der Waals surface area contributed by atoms with Gasteiger partial charge in [0.15, 0.2) is 0 Å². The number of carbonyl (C=O) groups excluding carboxylic acids is 1. The third kappa shape index (κ3) is 4.30. The molecule has 34 heavy (non-hydrogen) atoms. The number of halogens is 1. The second kappa shape index (κ2) is 9.11. The fourth-order valence-electron chi connectivity index (χ4n) is 4.14. The van der Waals surface area contributed by atoms with Crippen molar-refractivity contribution < 1.29 is 23.8 Å². The first kappa shape index (κ1) is 21.9. The zero-order valence-corrected chi connectivity index (χ0v) is 18.8. The maximum absolute atomic E-state index is 13.5. The van der Waals surface area contributed by atoms with Crippen molar-refractivity contribution in [1.82, 2.24) is 0 Å². The van der Waals surface area contributed by atoms with Gasteiger partial charge >= 0.3 is 5.97 Å². The molecule has 1 atom stereocenters. The second-order valence-corrected chi connectivity index (χ2v) is 9.06. The van der Waals surface area contributed by atoms with Gasteiger partial charge in [-0.15, -0.1) is 11.3 Å². The van der Waals surface area contributed by atoms with Crippen LogP contribution in [0, 0.1) is 5.82 Å². The van der Waals surface area contributed by atoms with Crippen molar-refractivity contribution in [2.24, 2.45) is 0 Å². The molecule has 1 aliphatic rings. The van der Waals surface area contributed by atoms with Crippen LogP contribution < -0.4 is 10.1 Å². The average molecular weight is 474 g/mol. The van der Waals surface area contributed by atoms with Gasteiger partial charge < -0.3 is 15.2 Å².